The number of phenolic OH excluding ortho intramolecular Hbond substituents is 1. The molecule has 2 aliphatic carbocycles. The van der Waals surface area contributed by atoms with Crippen molar-refractivity contribution in [1.29, 1.82) is 0 Å². The lowest BCUT2D eigenvalue weighted by Crippen LogP contribution is -2.49. The summed E-state index contributed by atoms with van der Waals surface area (Å²) in [6, 6.07) is 33.4. The molecule has 7 nitrogen and oxygen atoms in total. The van der Waals surface area contributed by atoms with Gasteiger partial charge < -0.3 is 24.1 Å². The molecule has 6 atom stereocenters. The Balaban J connectivity index is 0.000000208. The quantitative estimate of drug-likeness (QED) is 0.0485. The Kier molecular flexibility index (Phi) is 18.1. The zero-order valence-corrected chi connectivity index (χ0v) is 39.6. The van der Waals surface area contributed by atoms with Crippen molar-refractivity contribution in [3.63, 3.8) is 0 Å². The van der Waals surface area contributed by atoms with E-state index in [0.29, 0.717) is 29.1 Å². The van der Waals surface area contributed by atoms with Crippen LogP contribution in [0.15, 0.2) is 103 Å². The number of carbonyl (C=O) groups is 2. The molecule has 63 heavy (non-hydrogen) atoms. The topological polar surface area (TPSA) is 91.3 Å². The van der Waals surface area contributed by atoms with Crippen LogP contribution in [0, 0.1) is 17.3 Å². The molecule has 2 bridgehead atoms. The van der Waals surface area contributed by atoms with E-state index in [-0.39, 0.29) is 36.2 Å². The van der Waals surface area contributed by atoms with Crippen LogP contribution in [0.25, 0.3) is 21.5 Å². The number of phenols is 1. The minimum Gasteiger partial charge on any atom is -0.508 e. The average molecular weight is 859 g/mol. The zero-order valence-electron chi connectivity index (χ0n) is 39.6. The Morgan fingerprint density at radius 1 is 0.746 bits per heavy atom. The van der Waals surface area contributed by atoms with Crippen LogP contribution >= 0.6 is 0 Å². The van der Waals surface area contributed by atoms with Crippen molar-refractivity contribution in [2.75, 3.05) is 13.2 Å². The van der Waals surface area contributed by atoms with Gasteiger partial charge in [-0.25, -0.2) is 4.79 Å². The average Bonchev–Trinajstić information content (AvgIpc) is 3.31. The fourth-order valence-electron chi connectivity index (χ4n) is 8.85. The van der Waals surface area contributed by atoms with Crippen LogP contribution in [-0.2, 0) is 19.0 Å². The maximum Gasteiger partial charge on any atom is 0.339 e. The molecule has 2 saturated carbocycles. The summed E-state index contributed by atoms with van der Waals surface area (Å²) < 4.78 is 23.2. The van der Waals surface area contributed by atoms with Gasteiger partial charge in [-0.15, -0.1) is 0 Å². The molecule has 1 N–H and O–H groups in total. The van der Waals surface area contributed by atoms with Crippen LogP contribution in [0.1, 0.15) is 160 Å². The van der Waals surface area contributed by atoms with E-state index < -0.39 is 6.29 Å². The highest BCUT2D eigenvalue weighted by molar-refractivity contribution is 6.16. The van der Waals surface area contributed by atoms with Crippen molar-refractivity contribution in [2.45, 2.75) is 150 Å². The maximum absolute atomic E-state index is 13.0. The predicted molar refractivity (Wildman–Crippen MR) is 258 cm³/mol. The van der Waals surface area contributed by atoms with Gasteiger partial charge in [0.2, 0.25) is 0 Å². The van der Waals surface area contributed by atoms with Gasteiger partial charge in [-0.3, -0.25) is 4.79 Å². The summed E-state index contributed by atoms with van der Waals surface area (Å²) in [6.45, 7) is 19.3. The highest BCUT2D eigenvalue weighted by Gasteiger charge is 2.48. The second-order valence-corrected chi connectivity index (χ2v) is 18.5. The smallest absolute Gasteiger partial charge is 0.339 e. The summed E-state index contributed by atoms with van der Waals surface area (Å²) in [5.41, 5.74) is 2.69. The molecular weight excluding hydrogens is 785 g/mol. The van der Waals surface area contributed by atoms with Gasteiger partial charge >= 0.3 is 11.9 Å². The normalized spacial score (nSPS) is 19.6. The fraction of sp³-hybridized carbons (Fsp3) is 0.500. The van der Waals surface area contributed by atoms with Crippen molar-refractivity contribution >= 4 is 33.5 Å². The molecule has 0 amide bonds. The third-order valence-corrected chi connectivity index (χ3v) is 13.9. The number of carbonyl (C=O) groups excluding carboxylic acids is 2. The third-order valence-electron chi connectivity index (χ3n) is 13.9. The van der Waals surface area contributed by atoms with E-state index in [9.17, 15) is 9.59 Å². The first-order chi connectivity index (χ1) is 30.2. The molecule has 5 aromatic carbocycles. The molecule has 6 unspecified atom stereocenters. The van der Waals surface area contributed by atoms with Crippen LogP contribution < -0.4 is 4.74 Å². The van der Waals surface area contributed by atoms with Gasteiger partial charge in [-0.05, 0) is 159 Å². The molecule has 0 heterocycles. The third kappa shape index (κ3) is 13.1. The predicted octanol–water partition coefficient (Wildman–Crippen LogP) is 14.7. The number of fused-ring (bicyclic) bond motifs is 4. The lowest BCUT2D eigenvalue weighted by molar-refractivity contribution is -0.187. The highest BCUT2D eigenvalue weighted by Crippen LogP contribution is 2.49. The summed E-state index contributed by atoms with van der Waals surface area (Å²) in [6.07, 6.45) is 11.2. The Morgan fingerprint density at radius 2 is 1.32 bits per heavy atom. The van der Waals surface area contributed by atoms with Gasteiger partial charge in [-0.1, -0.05) is 127 Å². The van der Waals surface area contributed by atoms with E-state index >= 15 is 0 Å². The molecule has 2 fully saturated rings. The van der Waals surface area contributed by atoms with Crippen LogP contribution in [0.4, 0.5) is 0 Å². The van der Waals surface area contributed by atoms with Crippen molar-refractivity contribution in [3.05, 3.63) is 120 Å². The summed E-state index contributed by atoms with van der Waals surface area (Å²) in [5.74, 6) is 3.40. The van der Waals surface area contributed by atoms with Gasteiger partial charge in [0, 0.05) is 0 Å². The molecule has 0 radical (unpaired) electrons. The van der Waals surface area contributed by atoms with Crippen LogP contribution in [0.3, 0.4) is 0 Å². The molecule has 7 rings (SSSR count). The van der Waals surface area contributed by atoms with Gasteiger partial charge in [-0.2, -0.15) is 0 Å². The Morgan fingerprint density at radius 3 is 1.87 bits per heavy atom. The monoisotopic (exact) mass is 859 g/mol. The Hall–Kier alpha value is -4.88. The zero-order chi connectivity index (χ0) is 45.6. The van der Waals surface area contributed by atoms with Gasteiger partial charge in [0.25, 0.3) is 0 Å². The number of rotatable bonds is 15. The molecule has 0 saturated heterocycles. The Bertz CT molecular complexity index is 2140. The largest absolute Gasteiger partial charge is 0.508 e. The molecule has 5 aromatic rings. The molecule has 0 aromatic heterocycles. The molecule has 0 aliphatic heterocycles. The number of benzene rings is 5. The van der Waals surface area contributed by atoms with Crippen molar-refractivity contribution in [2.24, 2.45) is 17.3 Å². The van der Waals surface area contributed by atoms with Crippen LogP contribution in [0.5, 0.6) is 11.5 Å². The van der Waals surface area contributed by atoms with E-state index in [1.165, 1.54) is 43.2 Å². The summed E-state index contributed by atoms with van der Waals surface area (Å²) in [7, 11) is 0. The minimum absolute atomic E-state index is 0.0147. The summed E-state index contributed by atoms with van der Waals surface area (Å²) in [5, 5.41) is 12.8. The first kappa shape index (κ1) is 49.1. The van der Waals surface area contributed by atoms with Crippen molar-refractivity contribution in [1.82, 2.24) is 0 Å². The number of aromatic hydroxyl groups is 1. The Labute approximate surface area is 377 Å². The first-order valence-electron chi connectivity index (χ1n) is 23.7. The van der Waals surface area contributed by atoms with Gasteiger partial charge in [0.05, 0.1) is 17.6 Å². The summed E-state index contributed by atoms with van der Waals surface area (Å²) >= 11 is 0. The van der Waals surface area contributed by atoms with Crippen molar-refractivity contribution in [3.8, 4) is 11.5 Å². The van der Waals surface area contributed by atoms with E-state index in [1.807, 2.05) is 93.6 Å². The lowest BCUT2D eigenvalue weighted by atomic mass is 9.63. The SMILES string of the molecule is CCC(C)(C)C(=O)OC1(CC)CCC2CCCC1C2.CCC(C)c1ccc(O)cc1.CCC(C)c1ccc(OC(C)OCCOC(=O)c2c3ccccc3cc3ccccc23)cc1. The molecular formula is C56H74O7. The first-order valence-corrected chi connectivity index (χ1v) is 23.7. The number of esters is 2. The summed E-state index contributed by atoms with van der Waals surface area (Å²) in [4.78, 5) is 25.5. The maximum atomic E-state index is 13.0. The standard InChI is InChI=1S/C29H30O4.C17H30O2.C10H14O/c1-4-20(2)22-13-15-25(16-14-22)33-21(3)31-17-18-32-29(30)28-26-11-7-5-9-23(26)19-24-10-6-8-12-27(24)28;1-5-16(3,4)15(18)19-17(6-2)11-10-13-8-7-9-14(17)12-13;1-3-8(2)9-4-6-10(11)7-5-9/h5-16,19-21H,4,17-18H2,1-3H3;13-14H,5-12H2,1-4H3;4-8,11H,3H2,1-2H3. The molecule has 2 aliphatic rings. The second kappa shape index (κ2) is 23.2. The van der Waals surface area contributed by atoms with Crippen LogP contribution in [0.2, 0.25) is 0 Å². The molecule has 0 spiro atoms. The molecule has 340 valence electrons. The number of ether oxygens (including phenoxy) is 4. The van der Waals surface area contributed by atoms with Crippen LogP contribution in [-0.4, -0.2) is 42.1 Å². The van der Waals surface area contributed by atoms with E-state index in [4.69, 9.17) is 24.1 Å². The van der Waals surface area contributed by atoms with E-state index in [0.717, 1.165) is 65.3 Å². The minimum atomic E-state index is -0.448. The lowest BCUT2D eigenvalue weighted by Gasteiger charge is -2.49. The molecule has 7 heteroatoms. The van der Waals surface area contributed by atoms with E-state index in [1.54, 1.807) is 12.1 Å². The van der Waals surface area contributed by atoms with E-state index in [2.05, 4.69) is 59.7 Å². The van der Waals surface area contributed by atoms with Gasteiger partial charge in [0.15, 0.2) is 6.29 Å². The second-order valence-electron chi connectivity index (χ2n) is 18.5. The number of hydrogen-bond donors (Lipinski definition) is 1. The number of hydrogen-bond acceptors (Lipinski definition) is 7. The fourth-order valence-corrected chi connectivity index (χ4v) is 8.85. The van der Waals surface area contributed by atoms with Gasteiger partial charge in [0.1, 0.15) is 23.7 Å². The highest BCUT2D eigenvalue weighted by atomic mass is 16.7. The van der Waals surface area contributed by atoms with Crippen molar-refractivity contribution < 1.29 is 33.6 Å².